The van der Waals surface area contributed by atoms with Crippen molar-refractivity contribution in [3.8, 4) is 17.0 Å². The van der Waals surface area contributed by atoms with Gasteiger partial charge in [0.1, 0.15) is 5.75 Å². The third-order valence-corrected chi connectivity index (χ3v) is 5.10. The molecule has 1 aromatic heterocycles. The first-order chi connectivity index (χ1) is 12.6. The van der Waals surface area contributed by atoms with E-state index in [0.717, 1.165) is 27.5 Å². The van der Waals surface area contributed by atoms with Gasteiger partial charge in [0, 0.05) is 22.5 Å². The summed E-state index contributed by atoms with van der Waals surface area (Å²) >= 11 is 14.0. The average molecular weight is 405 g/mol. The molecule has 0 radical (unpaired) electrons. The van der Waals surface area contributed by atoms with Crippen LogP contribution in [-0.2, 0) is 6.54 Å². The van der Waals surface area contributed by atoms with Crippen LogP contribution in [0.25, 0.3) is 11.3 Å². The molecule has 1 heterocycles. The van der Waals surface area contributed by atoms with Crippen LogP contribution >= 0.6 is 34.5 Å². The number of ether oxygens (including phenoxy) is 1. The summed E-state index contributed by atoms with van der Waals surface area (Å²) in [6.07, 6.45) is 1.84. The van der Waals surface area contributed by atoms with Crippen molar-refractivity contribution in [2.45, 2.75) is 13.5 Å². The van der Waals surface area contributed by atoms with Crippen molar-refractivity contribution in [2.24, 2.45) is 4.99 Å². The Balaban J connectivity index is 2.05. The fourth-order valence-electron chi connectivity index (χ4n) is 2.53. The Morgan fingerprint density at radius 3 is 2.62 bits per heavy atom. The zero-order valence-electron chi connectivity index (χ0n) is 14.3. The fraction of sp³-hybridized carbons (Fsp3) is 0.150. The maximum atomic E-state index is 6.39. The quantitative estimate of drug-likeness (QED) is 0.440. The molecular formula is C20H18Cl2N2OS. The number of halogens is 2. The Morgan fingerprint density at radius 2 is 1.96 bits per heavy atom. The van der Waals surface area contributed by atoms with Crippen LogP contribution in [-0.4, -0.2) is 11.2 Å². The van der Waals surface area contributed by atoms with E-state index in [1.54, 1.807) is 17.4 Å². The highest BCUT2D eigenvalue weighted by molar-refractivity contribution is 7.07. The number of rotatable bonds is 6. The van der Waals surface area contributed by atoms with Crippen molar-refractivity contribution in [3.63, 3.8) is 0 Å². The molecule has 0 N–H and O–H groups in total. The molecule has 0 aliphatic heterocycles. The van der Waals surface area contributed by atoms with E-state index in [1.807, 2.05) is 54.8 Å². The molecule has 3 aromatic rings. The lowest BCUT2D eigenvalue weighted by atomic mass is 10.1. The van der Waals surface area contributed by atoms with Crippen LogP contribution in [0.15, 0.2) is 65.5 Å². The Labute approximate surface area is 166 Å². The predicted octanol–water partition coefficient (Wildman–Crippen LogP) is 6.34. The van der Waals surface area contributed by atoms with Gasteiger partial charge in [0.2, 0.25) is 0 Å². The molecule has 134 valence electrons. The maximum absolute atomic E-state index is 6.39. The highest BCUT2D eigenvalue weighted by Gasteiger charge is 2.11. The van der Waals surface area contributed by atoms with E-state index in [1.165, 1.54) is 0 Å². The summed E-state index contributed by atoms with van der Waals surface area (Å²) in [4.78, 5) is 5.63. The van der Waals surface area contributed by atoms with Gasteiger partial charge in [-0.2, -0.15) is 0 Å². The lowest BCUT2D eigenvalue weighted by Gasteiger charge is -2.08. The Morgan fingerprint density at radius 1 is 1.19 bits per heavy atom. The molecule has 0 bridgehead atoms. The van der Waals surface area contributed by atoms with Gasteiger partial charge in [-0.1, -0.05) is 29.3 Å². The van der Waals surface area contributed by atoms with Gasteiger partial charge >= 0.3 is 0 Å². The van der Waals surface area contributed by atoms with E-state index >= 15 is 0 Å². The first-order valence-corrected chi connectivity index (χ1v) is 9.78. The van der Waals surface area contributed by atoms with Crippen molar-refractivity contribution in [3.05, 3.63) is 75.3 Å². The Hall–Kier alpha value is -2.01. The standard InChI is InChI=1S/C20H18Cl2N2OS/c1-3-11-24-19(17-10-5-14(21)12-18(17)22)13-26-20(24)23-15-6-8-16(9-7-15)25-4-2/h3,5-10,12-13H,1,4,11H2,2H3. The van der Waals surface area contributed by atoms with E-state index < -0.39 is 0 Å². The van der Waals surface area contributed by atoms with Gasteiger partial charge in [-0.15, -0.1) is 17.9 Å². The lowest BCUT2D eigenvalue weighted by Crippen LogP contribution is -2.14. The van der Waals surface area contributed by atoms with Crippen molar-refractivity contribution in [1.29, 1.82) is 0 Å². The van der Waals surface area contributed by atoms with Crippen LogP contribution in [0.1, 0.15) is 6.92 Å². The second-order valence-electron chi connectivity index (χ2n) is 5.47. The number of aromatic nitrogens is 1. The molecule has 0 saturated carbocycles. The number of hydrogen-bond donors (Lipinski definition) is 0. The molecule has 0 unspecified atom stereocenters. The topological polar surface area (TPSA) is 26.5 Å². The number of allylic oxidation sites excluding steroid dienone is 1. The molecule has 0 atom stereocenters. The van der Waals surface area contributed by atoms with Gasteiger partial charge in [0.05, 0.1) is 23.0 Å². The lowest BCUT2D eigenvalue weighted by molar-refractivity contribution is 0.340. The van der Waals surface area contributed by atoms with E-state index in [-0.39, 0.29) is 0 Å². The normalized spacial score (nSPS) is 11.6. The number of benzene rings is 2. The van der Waals surface area contributed by atoms with Crippen molar-refractivity contribution < 1.29 is 4.74 Å². The van der Waals surface area contributed by atoms with Crippen molar-refractivity contribution in [1.82, 2.24) is 4.57 Å². The highest BCUT2D eigenvalue weighted by atomic mass is 35.5. The molecule has 0 amide bonds. The Kier molecular flexibility index (Phi) is 6.20. The summed E-state index contributed by atoms with van der Waals surface area (Å²) < 4.78 is 7.56. The molecule has 0 aliphatic carbocycles. The van der Waals surface area contributed by atoms with E-state index in [0.29, 0.717) is 23.2 Å². The second-order valence-corrected chi connectivity index (χ2v) is 7.15. The van der Waals surface area contributed by atoms with Gasteiger partial charge < -0.3 is 9.30 Å². The van der Waals surface area contributed by atoms with Crippen LogP contribution in [0.3, 0.4) is 0 Å². The van der Waals surface area contributed by atoms with Crippen LogP contribution < -0.4 is 9.54 Å². The molecule has 26 heavy (non-hydrogen) atoms. The predicted molar refractivity (Wildman–Crippen MR) is 111 cm³/mol. The monoisotopic (exact) mass is 404 g/mol. The van der Waals surface area contributed by atoms with Gasteiger partial charge in [-0.3, -0.25) is 0 Å². The van der Waals surface area contributed by atoms with Gasteiger partial charge in [0.15, 0.2) is 4.80 Å². The minimum Gasteiger partial charge on any atom is -0.494 e. The van der Waals surface area contributed by atoms with Crippen LogP contribution in [0.5, 0.6) is 5.75 Å². The summed E-state index contributed by atoms with van der Waals surface area (Å²) in [6, 6.07) is 13.2. The summed E-state index contributed by atoms with van der Waals surface area (Å²) in [5, 5.41) is 3.27. The van der Waals surface area contributed by atoms with E-state index in [2.05, 4.69) is 11.1 Å². The van der Waals surface area contributed by atoms with Crippen LogP contribution in [0.4, 0.5) is 5.69 Å². The Bertz CT molecular complexity index is 974. The first kappa shape index (κ1) is 18.8. The van der Waals surface area contributed by atoms with Crippen LogP contribution in [0.2, 0.25) is 10.0 Å². The SMILES string of the molecule is C=CCn1c(-c2ccc(Cl)cc2Cl)csc1=Nc1ccc(OCC)cc1. The van der Waals surface area contributed by atoms with Crippen molar-refractivity contribution >= 4 is 40.2 Å². The molecule has 3 rings (SSSR count). The summed E-state index contributed by atoms with van der Waals surface area (Å²) in [7, 11) is 0. The number of thiazole rings is 1. The van der Waals surface area contributed by atoms with Crippen molar-refractivity contribution in [2.75, 3.05) is 6.61 Å². The highest BCUT2D eigenvalue weighted by Crippen LogP contribution is 2.31. The van der Waals surface area contributed by atoms with Gasteiger partial charge in [-0.05, 0) is 49.4 Å². The number of hydrogen-bond acceptors (Lipinski definition) is 3. The average Bonchev–Trinajstić information content (AvgIpc) is 3.00. The molecule has 0 saturated heterocycles. The molecule has 0 fully saturated rings. The molecular weight excluding hydrogens is 387 g/mol. The molecule has 0 spiro atoms. The summed E-state index contributed by atoms with van der Waals surface area (Å²) in [5.41, 5.74) is 2.77. The summed E-state index contributed by atoms with van der Waals surface area (Å²) in [6.45, 7) is 7.10. The number of nitrogens with zero attached hydrogens (tertiary/aromatic N) is 2. The largest absolute Gasteiger partial charge is 0.494 e. The zero-order valence-corrected chi connectivity index (χ0v) is 16.6. The smallest absolute Gasteiger partial charge is 0.190 e. The zero-order chi connectivity index (χ0) is 18.5. The maximum Gasteiger partial charge on any atom is 0.190 e. The third kappa shape index (κ3) is 4.21. The van der Waals surface area contributed by atoms with Gasteiger partial charge in [0.25, 0.3) is 0 Å². The molecule has 3 nitrogen and oxygen atoms in total. The minimum atomic E-state index is 0.612. The molecule has 6 heteroatoms. The fourth-order valence-corrected chi connectivity index (χ4v) is 3.97. The van der Waals surface area contributed by atoms with E-state index in [9.17, 15) is 0 Å². The minimum absolute atomic E-state index is 0.612. The third-order valence-electron chi connectivity index (χ3n) is 3.69. The first-order valence-electron chi connectivity index (χ1n) is 8.14. The molecule has 0 aliphatic rings. The molecule has 2 aromatic carbocycles. The second kappa shape index (κ2) is 8.58. The van der Waals surface area contributed by atoms with Gasteiger partial charge in [-0.25, -0.2) is 4.99 Å². The van der Waals surface area contributed by atoms with E-state index in [4.69, 9.17) is 32.9 Å². The summed E-state index contributed by atoms with van der Waals surface area (Å²) in [5.74, 6) is 0.838. The van der Waals surface area contributed by atoms with Crippen LogP contribution in [0, 0.1) is 0 Å².